The van der Waals surface area contributed by atoms with Gasteiger partial charge in [-0.15, -0.1) is 12.4 Å². The normalized spacial score (nSPS) is 8.94. The monoisotopic (exact) mass is 272 g/mol. The van der Waals surface area contributed by atoms with Gasteiger partial charge in [0, 0.05) is 12.2 Å². The van der Waals surface area contributed by atoms with Crippen molar-refractivity contribution < 1.29 is 14.3 Å². The van der Waals surface area contributed by atoms with Gasteiger partial charge in [0.25, 0.3) is 0 Å². The van der Waals surface area contributed by atoms with Crippen LogP contribution in [-0.2, 0) is 14.3 Å². The minimum atomic E-state index is -0.332. The van der Waals surface area contributed by atoms with Gasteiger partial charge < -0.3 is 15.4 Å². The van der Waals surface area contributed by atoms with Crippen LogP contribution in [0.4, 0.5) is 5.69 Å². The van der Waals surface area contributed by atoms with Gasteiger partial charge in [0.1, 0.15) is 0 Å². The average Bonchev–Trinajstić information content (AvgIpc) is 2.37. The molecular weight excluding hydrogens is 256 g/mol. The minimum absolute atomic E-state index is 0. The Labute approximate surface area is 112 Å². The van der Waals surface area contributed by atoms with Crippen molar-refractivity contribution in [2.45, 2.75) is 6.42 Å². The first kappa shape index (κ1) is 16.2. The van der Waals surface area contributed by atoms with E-state index in [4.69, 9.17) is 0 Å². The quantitative estimate of drug-likeness (QED) is 0.764. The number of carbonyl (C=O) groups excluding carboxylic acids is 2. The maximum atomic E-state index is 11.4. The molecule has 0 bridgehead atoms. The van der Waals surface area contributed by atoms with Gasteiger partial charge >= 0.3 is 5.97 Å². The van der Waals surface area contributed by atoms with Crippen molar-refractivity contribution in [3.8, 4) is 0 Å². The standard InChI is InChI=1S/C12H16N2O3.ClH/c1-17-12(16)7-8-13-11(15)9-14-10-5-3-2-4-6-10;/h2-6,14H,7-9H2,1H3,(H,13,15);1H. The maximum Gasteiger partial charge on any atom is 0.307 e. The van der Waals surface area contributed by atoms with Crippen LogP contribution in [0.2, 0.25) is 0 Å². The summed E-state index contributed by atoms with van der Waals surface area (Å²) < 4.78 is 4.46. The topological polar surface area (TPSA) is 67.4 Å². The molecule has 0 aromatic heterocycles. The van der Waals surface area contributed by atoms with E-state index >= 15 is 0 Å². The molecule has 1 aromatic rings. The van der Waals surface area contributed by atoms with E-state index < -0.39 is 0 Å². The van der Waals surface area contributed by atoms with Crippen LogP contribution in [-0.4, -0.2) is 32.1 Å². The van der Waals surface area contributed by atoms with Gasteiger partial charge in [0.15, 0.2) is 0 Å². The fraction of sp³-hybridized carbons (Fsp3) is 0.333. The summed E-state index contributed by atoms with van der Waals surface area (Å²) in [6.45, 7) is 0.479. The van der Waals surface area contributed by atoms with Crippen LogP contribution in [0.3, 0.4) is 0 Å². The maximum absolute atomic E-state index is 11.4. The Hall–Kier alpha value is -1.75. The Kier molecular flexibility index (Phi) is 8.39. The molecule has 0 saturated heterocycles. The Morgan fingerprint density at radius 1 is 1.22 bits per heavy atom. The van der Waals surface area contributed by atoms with Crippen molar-refractivity contribution in [3.63, 3.8) is 0 Å². The molecule has 0 atom stereocenters. The summed E-state index contributed by atoms with van der Waals surface area (Å²) in [5, 5.41) is 5.58. The molecule has 0 saturated carbocycles. The number of anilines is 1. The number of amides is 1. The SMILES string of the molecule is COC(=O)CCNC(=O)CNc1ccccc1.Cl. The first-order chi connectivity index (χ1) is 8.22. The summed E-state index contributed by atoms with van der Waals surface area (Å²) >= 11 is 0. The fourth-order valence-corrected chi connectivity index (χ4v) is 1.21. The highest BCUT2D eigenvalue weighted by molar-refractivity contribution is 5.85. The number of benzene rings is 1. The van der Waals surface area contributed by atoms with Crippen LogP contribution < -0.4 is 10.6 Å². The summed E-state index contributed by atoms with van der Waals surface area (Å²) in [6, 6.07) is 9.43. The largest absolute Gasteiger partial charge is 0.469 e. The van der Waals surface area contributed by atoms with Crippen molar-refractivity contribution in [1.82, 2.24) is 5.32 Å². The third kappa shape index (κ3) is 6.75. The highest BCUT2D eigenvalue weighted by atomic mass is 35.5. The van der Waals surface area contributed by atoms with Crippen LogP contribution in [0, 0.1) is 0 Å². The molecule has 0 aliphatic heterocycles. The molecule has 5 nitrogen and oxygen atoms in total. The third-order valence-electron chi connectivity index (χ3n) is 2.11. The highest BCUT2D eigenvalue weighted by Crippen LogP contribution is 2.03. The number of esters is 1. The molecule has 0 fully saturated rings. The lowest BCUT2D eigenvalue weighted by Gasteiger charge is -2.06. The van der Waals surface area contributed by atoms with E-state index in [1.807, 2.05) is 30.3 Å². The van der Waals surface area contributed by atoms with Crippen molar-refractivity contribution in [2.75, 3.05) is 25.5 Å². The number of rotatable bonds is 6. The predicted octanol–water partition coefficient (Wildman–Crippen LogP) is 1.20. The Balaban J connectivity index is 0.00000289. The zero-order valence-electron chi connectivity index (χ0n) is 10.1. The third-order valence-corrected chi connectivity index (χ3v) is 2.11. The van der Waals surface area contributed by atoms with Crippen molar-refractivity contribution in [3.05, 3.63) is 30.3 Å². The Morgan fingerprint density at radius 3 is 2.50 bits per heavy atom. The van der Waals surface area contributed by atoms with Gasteiger partial charge in [-0.05, 0) is 12.1 Å². The molecule has 0 spiro atoms. The van der Waals surface area contributed by atoms with Crippen molar-refractivity contribution >= 4 is 30.0 Å². The highest BCUT2D eigenvalue weighted by Gasteiger charge is 2.03. The van der Waals surface area contributed by atoms with Crippen molar-refractivity contribution in [1.29, 1.82) is 0 Å². The molecule has 1 rings (SSSR count). The van der Waals surface area contributed by atoms with Gasteiger partial charge in [0.05, 0.1) is 20.1 Å². The molecule has 100 valence electrons. The van der Waals surface area contributed by atoms with Gasteiger partial charge in [-0.25, -0.2) is 0 Å². The molecule has 18 heavy (non-hydrogen) atoms. The number of hydrogen-bond donors (Lipinski definition) is 2. The summed E-state index contributed by atoms with van der Waals surface area (Å²) in [4.78, 5) is 22.1. The van der Waals surface area contributed by atoms with Crippen LogP contribution in [0.15, 0.2) is 30.3 Å². The van der Waals surface area contributed by atoms with E-state index in [9.17, 15) is 9.59 Å². The van der Waals surface area contributed by atoms with Gasteiger partial charge in [-0.3, -0.25) is 9.59 Å². The number of halogens is 1. The number of nitrogens with one attached hydrogen (secondary N) is 2. The molecule has 0 unspecified atom stereocenters. The molecule has 1 amide bonds. The Bertz CT molecular complexity index is 371. The lowest BCUT2D eigenvalue weighted by Crippen LogP contribution is -2.31. The predicted molar refractivity (Wildman–Crippen MR) is 71.8 cm³/mol. The summed E-state index contributed by atoms with van der Waals surface area (Å²) in [5.41, 5.74) is 0.885. The van der Waals surface area contributed by atoms with E-state index in [2.05, 4.69) is 15.4 Å². The van der Waals surface area contributed by atoms with Crippen LogP contribution in [0.5, 0.6) is 0 Å². The zero-order valence-corrected chi connectivity index (χ0v) is 11.0. The first-order valence-corrected chi connectivity index (χ1v) is 5.35. The molecule has 0 aliphatic carbocycles. The smallest absolute Gasteiger partial charge is 0.307 e. The van der Waals surface area contributed by atoms with Gasteiger partial charge in [-0.1, -0.05) is 18.2 Å². The second-order valence-corrected chi connectivity index (χ2v) is 3.40. The van der Waals surface area contributed by atoms with E-state index in [1.165, 1.54) is 7.11 Å². The number of ether oxygens (including phenoxy) is 1. The molecule has 0 aliphatic rings. The minimum Gasteiger partial charge on any atom is -0.469 e. The van der Waals surface area contributed by atoms with Crippen LogP contribution >= 0.6 is 12.4 Å². The number of methoxy groups -OCH3 is 1. The number of carbonyl (C=O) groups is 2. The Morgan fingerprint density at radius 2 is 1.89 bits per heavy atom. The number of para-hydroxylation sites is 1. The summed E-state index contributed by atoms with van der Waals surface area (Å²) in [6.07, 6.45) is 0.188. The fourth-order valence-electron chi connectivity index (χ4n) is 1.21. The van der Waals surface area contributed by atoms with E-state index in [0.29, 0.717) is 6.54 Å². The van der Waals surface area contributed by atoms with Crippen LogP contribution in [0.1, 0.15) is 6.42 Å². The lowest BCUT2D eigenvalue weighted by molar-refractivity contribution is -0.140. The summed E-state index contributed by atoms with van der Waals surface area (Å²) in [5.74, 6) is -0.487. The molecule has 0 radical (unpaired) electrons. The summed E-state index contributed by atoms with van der Waals surface area (Å²) in [7, 11) is 1.32. The average molecular weight is 273 g/mol. The molecule has 6 heteroatoms. The molecule has 1 aromatic carbocycles. The lowest BCUT2D eigenvalue weighted by atomic mass is 10.3. The molecule has 0 heterocycles. The van der Waals surface area contributed by atoms with E-state index in [1.54, 1.807) is 0 Å². The van der Waals surface area contributed by atoms with E-state index in [0.717, 1.165) is 5.69 Å². The molecular formula is C12H17ClN2O3. The van der Waals surface area contributed by atoms with E-state index in [-0.39, 0.29) is 37.2 Å². The zero-order chi connectivity index (χ0) is 12.5. The van der Waals surface area contributed by atoms with Crippen LogP contribution in [0.25, 0.3) is 0 Å². The first-order valence-electron chi connectivity index (χ1n) is 5.35. The molecule has 2 N–H and O–H groups in total. The van der Waals surface area contributed by atoms with Crippen molar-refractivity contribution in [2.24, 2.45) is 0 Å². The second kappa shape index (κ2) is 9.30. The number of hydrogen-bond acceptors (Lipinski definition) is 4. The second-order valence-electron chi connectivity index (χ2n) is 3.40. The van der Waals surface area contributed by atoms with Gasteiger partial charge in [-0.2, -0.15) is 0 Å². The van der Waals surface area contributed by atoms with Gasteiger partial charge in [0.2, 0.25) is 5.91 Å².